The molecule has 104 valence electrons. The molecule has 0 spiro atoms. The molecule has 0 saturated carbocycles. The molecular formula is C19H22O. The largest absolute Gasteiger partial charge is 0.487 e. The lowest BCUT2D eigenvalue weighted by Crippen LogP contribution is -2.38. The van der Waals surface area contributed by atoms with Gasteiger partial charge in [-0.15, -0.1) is 0 Å². The van der Waals surface area contributed by atoms with Crippen LogP contribution in [0.25, 0.3) is 0 Å². The van der Waals surface area contributed by atoms with Crippen molar-refractivity contribution < 1.29 is 4.74 Å². The Bertz CT molecular complexity index is 602. The highest BCUT2D eigenvalue weighted by Gasteiger charge is 2.39. The van der Waals surface area contributed by atoms with Gasteiger partial charge in [0.1, 0.15) is 11.4 Å². The van der Waals surface area contributed by atoms with Gasteiger partial charge in [-0.3, -0.25) is 0 Å². The molecule has 0 radical (unpaired) electrons. The number of ether oxygens (including phenoxy) is 1. The first kappa shape index (κ1) is 13.2. The van der Waals surface area contributed by atoms with Gasteiger partial charge in [0.2, 0.25) is 0 Å². The van der Waals surface area contributed by atoms with E-state index in [-0.39, 0.29) is 5.60 Å². The monoisotopic (exact) mass is 266 g/mol. The summed E-state index contributed by atoms with van der Waals surface area (Å²) in [5, 5.41) is 0. The molecule has 0 amide bonds. The first-order valence-electron chi connectivity index (χ1n) is 7.34. The fourth-order valence-electron chi connectivity index (χ4n) is 3.19. The topological polar surface area (TPSA) is 9.23 Å². The Morgan fingerprint density at radius 1 is 1.10 bits per heavy atom. The molecule has 2 unspecified atom stereocenters. The highest BCUT2D eigenvalue weighted by molar-refractivity contribution is 5.51. The maximum Gasteiger partial charge on any atom is 0.124 e. The summed E-state index contributed by atoms with van der Waals surface area (Å²) >= 11 is 0. The van der Waals surface area contributed by atoms with Gasteiger partial charge in [0.25, 0.3) is 0 Å². The molecule has 0 N–H and O–H groups in total. The summed E-state index contributed by atoms with van der Waals surface area (Å²) in [5.41, 5.74) is 4.00. The fourth-order valence-corrected chi connectivity index (χ4v) is 3.19. The molecule has 3 rings (SSSR count). The lowest BCUT2D eigenvalue weighted by molar-refractivity contribution is -0.00698. The Hall–Kier alpha value is -1.76. The number of fused-ring (bicyclic) bond motifs is 1. The van der Waals surface area contributed by atoms with Gasteiger partial charge in [-0.05, 0) is 32.4 Å². The Kier molecular flexibility index (Phi) is 3.08. The maximum atomic E-state index is 6.26. The van der Waals surface area contributed by atoms with Crippen molar-refractivity contribution in [2.24, 2.45) is 5.92 Å². The third-order valence-electron chi connectivity index (χ3n) is 4.78. The molecule has 1 nitrogen and oxygen atoms in total. The molecule has 1 heterocycles. The number of allylic oxidation sites excluding steroid dienone is 4. The van der Waals surface area contributed by atoms with E-state index in [4.69, 9.17) is 4.74 Å². The highest BCUT2D eigenvalue weighted by Crippen LogP contribution is 2.46. The van der Waals surface area contributed by atoms with Crippen LogP contribution >= 0.6 is 0 Å². The third-order valence-corrected chi connectivity index (χ3v) is 4.78. The summed E-state index contributed by atoms with van der Waals surface area (Å²) in [6.45, 7) is 8.87. The first-order valence-corrected chi connectivity index (χ1v) is 7.34. The van der Waals surface area contributed by atoms with Crippen molar-refractivity contribution >= 4 is 0 Å². The minimum atomic E-state index is -0.133. The summed E-state index contributed by atoms with van der Waals surface area (Å²) in [6, 6.07) is 10.7. The van der Waals surface area contributed by atoms with Crippen LogP contribution < -0.4 is 0 Å². The summed E-state index contributed by atoms with van der Waals surface area (Å²) in [4.78, 5) is 0. The van der Waals surface area contributed by atoms with Crippen LogP contribution in [0.3, 0.4) is 0 Å². The third kappa shape index (κ3) is 2.02. The van der Waals surface area contributed by atoms with Gasteiger partial charge in [-0.2, -0.15) is 0 Å². The maximum absolute atomic E-state index is 6.26. The minimum Gasteiger partial charge on any atom is -0.487 e. The van der Waals surface area contributed by atoms with Crippen LogP contribution in [-0.2, 0) is 4.74 Å². The molecule has 0 aromatic heterocycles. The molecule has 2 aliphatic rings. The van der Waals surface area contributed by atoms with Crippen molar-refractivity contribution in [3.05, 3.63) is 71.0 Å². The number of rotatable bonds is 1. The van der Waals surface area contributed by atoms with Crippen LogP contribution in [0.2, 0.25) is 0 Å². The van der Waals surface area contributed by atoms with Crippen molar-refractivity contribution in [1.29, 1.82) is 0 Å². The lowest BCUT2D eigenvalue weighted by Gasteiger charge is -2.43. The molecule has 1 aromatic rings. The Morgan fingerprint density at radius 2 is 1.80 bits per heavy atom. The van der Waals surface area contributed by atoms with Gasteiger partial charge >= 0.3 is 0 Å². The van der Waals surface area contributed by atoms with Crippen LogP contribution in [0.4, 0.5) is 0 Å². The number of benzene rings is 1. The molecule has 0 bridgehead atoms. The van der Waals surface area contributed by atoms with E-state index >= 15 is 0 Å². The first-order chi connectivity index (χ1) is 9.50. The summed E-state index contributed by atoms with van der Waals surface area (Å²) in [7, 11) is 0. The molecule has 1 aliphatic carbocycles. The van der Waals surface area contributed by atoms with E-state index in [0.717, 1.165) is 5.76 Å². The molecule has 1 aliphatic heterocycles. The van der Waals surface area contributed by atoms with Crippen LogP contribution in [0.15, 0.2) is 65.5 Å². The van der Waals surface area contributed by atoms with Crippen LogP contribution in [0, 0.1) is 5.92 Å². The Balaban J connectivity index is 2.11. The van der Waals surface area contributed by atoms with Gasteiger partial charge in [0.05, 0.1) is 0 Å². The van der Waals surface area contributed by atoms with Crippen molar-refractivity contribution in [2.75, 3.05) is 0 Å². The minimum absolute atomic E-state index is 0.133. The summed E-state index contributed by atoms with van der Waals surface area (Å²) < 4.78 is 6.26. The van der Waals surface area contributed by atoms with Crippen LogP contribution in [-0.4, -0.2) is 5.60 Å². The van der Waals surface area contributed by atoms with Crippen molar-refractivity contribution in [3.8, 4) is 0 Å². The summed E-state index contributed by atoms with van der Waals surface area (Å²) in [5.74, 6) is 1.78. The molecule has 1 heteroatoms. The normalized spacial score (nSPS) is 27.7. The Morgan fingerprint density at radius 3 is 2.50 bits per heavy atom. The van der Waals surface area contributed by atoms with Crippen molar-refractivity contribution in [2.45, 2.75) is 39.2 Å². The zero-order valence-corrected chi connectivity index (χ0v) is 12.7. The highest BCUT2D eigenvalue weighted by atomic mass is 16.5. The van der Waals surface area contributed by atoms with Gasteiger partial charge in [0, 0.05) is 17.4 Å². The van der Waals surface area contributed by atoms with Gasteiger partial charge in [-0.25, -0.2) is 0 Å². The Labute approximate surface area is 121 Å². The lowest BCUT2D eigenvalue weighted by atomic mass is 9.75. The van der Waals surface area contributed by atoms with Gasteiger partial charge < -0.3 is 4.74 Å². The molecular weight excluding hydrogens is 244 g/mol. The molecule has 0 fully saturated rings. The number of hydrogen-bond acceptors (Lipinski definition) is 1. The fraction of sp³-hybridized carbons (Fsp3) is 0.368. The smallest absolute Gasteiger partial charge is 0.124 e. The predicted octanol–water partition coefficient (Wildman–Crippen LogP) is 4.99. The van der Waals surface area contributed by atoms with E-state index in [1.54, 1.807) is 0 Å². The van der Waals surface area contributed by atoms with E-state index in [0.29, 0.717) is 11.8 Å². The second-order valence-corrected chi connectivity index (χ2v) is 6.33. The molecule has 2 atom stereocenters. The zero-order chi connectivity index (χ0) is 14.3. The van der Waals surface area contributed by atoms with E-state index < -0.39 is 0 Å². The van der Waals surface area contributed by atoms with Crippen molar-refractivity contribution in [1.82, 2.24) is 0 Å². The second kappa shape index (κ2) is 4.66. The molecule has 1 aromatic carbocycles. The standard InChI is InChI=1S/C19H22O/c1-13-14(2)19(3,4)20-17-12-8-11-16(18(13)17)15-9-6-5-7-10-15/h5-12,14,16H,1-4H3. The summed E-state index contributed by atoms with van der Waals surface area (Å²) in [6.07, 6.45) is 6.49. The van der Waals surface area contributed by atoms with E-state index in [1.165, 1.54) is 16.7 Å². The SMILES string of the molecule is CC1=C2C(=CC=CC2c2ccccc2)OC(C)(C)C1C. The molecule has 20 heavy (non-hydrogen) atoms. The number of hydrogen-bond donors (Lipinski definition) is 0. The average molecular weight is 266 g/mol. The van der Waals surface area contributed by atoms with E-state index in [2.05, 4.69) is 76.3 Å². The predicted molar refractivity (Wildman–Crippen MR) is 83.4 cm³/mol. The van der Waals surface area contributed by atoms with Crippen molar-refractivity contribution in [3.63, 3.8) is 0 Å². The second-order valence-electron chi connectivity index (χ2n) is 6.33. The average Bonchev–Trinajstić information content (AvgIpc) is 2.45. The zero-order valence-electron chi connectivity index (χ0n) is 12.7. The van der Waals surface area contributed by atoms with Crippen LogP contribution in [0.1, 0.15) is 39.2 Å². The van der Waals surface area contributed by atoms with Gasteiger partial charge in [0.15, 0.2) is 0 Å². The van der Waals surface area contributed by atoms with E-state index in [1.807, 2.05) is 0 Å². The quantitative estimate of drug-likeness (QED) is 0.696. The van der Waals surface area contributed by atoms with Crippen LogP contribution in [0.5, 0.6) is 0 Å². The molecule has 0 saturated heterocycles. The van der Waals surface area contributed by atoms with E-state index in [9.17, 15) is 0 Å². The van der Waals surface area contributed by atoms with Gasteiger partial charge in [-0.1, -0.05) is 55.0 Å².